The van der Waals surface area contributed by atoms with E-state index >= 15 is 0 Å². The van der Waals surface area contributed by atoms with Crippen molar-refractivity contribution in [1.29, 1.82) is 0 Å². The standard InChI is InChI=1S/C20H22N4OS/c1-3-24-19(17-11-9-15(2)10-12-17)22-23-20(24)26-14-18(25)21-13-16-7-5-4-6-8-16/h4-12H,3,13-14H2,1-2H3,(H,21,25). The molecule has 1 aromatic heterocycles. The molecule has 0 unspecified atom stereocenters. The Morgan fingerprint density at radius 3 is 2.50 bits per heavy atom. The zero-order valence-corrected chi connectivity index (χ0v) is 15.8. The fourth-order valence-electron chi connectivity index (χ4n) is 2.57. The highest BCUT2D eigenvalue weighted by atomic mass is 32.2. The lowest BCUT2D eigenvalue weighted by molar-refractivity contribution is -0.118. The molecule has 26 heavy (non-hydrogen) atoms. The Kier molecular flexibility index (Phi) is 6.07. The zero-order valence-electron chi connectivity index (χ0n) is 15.0. The van der Waals surface area contributed by atoms with Gasteiger partial charge in [0.15, 0.2) is 11.0 Å². The number of rotatable bonds is 7. The van der Waals surface area contributed by atoms with Crippen molar-refractivity contribution < 1.29 is 4.79 Å². The minimum absolute atomic E-state index is 0.0126. The maximum absolute atomic E-state index is 12.1. The summed E-state index contributed by atoms with van der Waals surface area (Å²) in [5, 5.41) is 12.3. The van der Waals surface area contributed by atoms with Crippen LogP contribution in [0.25, 0.3) is 11.4 Å². The smallest absolute Gasteiger partial charge is 0.230 e. The quantitative estimate of drug-likeness (QED) is 0.648. The van der Waals surface area contributed by atoms with Crippen LogP contribution in [0.15, 0.2) is 59.8 Å². The highest BCUT2D eigenvalue weighted by molar-refractivity contribution is 7.99. The fraction of sp³-hybridized carbons (Fsp3) is 0.250. The predicted octanol–water partition coefficient (Wildman–Crippen LogP) is 3.68. The summed E-state index contributed by atoms with van der Waals surface area (Å²) in [5.74, 6) is 1.14. The van der Waals surface area contributed by atoms with E-state index < -0.39 is 0 Å². The summed E-state index contributed by atoms with van der Waals surface area (Å²) in [6.07, 6.45) is 0. The van der Waals surface area contributed by atoms with Gasteiger partial charge in [-0.1, -0.05) is 71.9 Å². The Morgan fingerprint density at radius 1 is 1.08 bits per heavy atom. The second kappa shape index (κ2) is 8.67. The Balaban J connectivity index is 1.61. The van der Waals surface area contributed by atoms with Crippen LogP contribution in [0.4, 0.5) is 0 Å². The number of hydrogen-bond donors (Lipinski definition) is 1. The summed E-state index contributed by atoms with van der Waals surface area (Å²) in [6.45, 7) is 5.41. The minimum atomic E-state index is -0.0126. The first-order valence-electron chi connectivity index (χ1n) is 8.61. The zero-order chi connectivity index (χ0) is 18.4. The van der Waals surface area contributed by atoms with Crippen LogP contribution in [0.1, 0.15) is 18.1 Å². The lowest BCUT2D eigenvalue weighted by atomic mass is 10.1. The number of thioether (sulfide) groups is 1. The highest BCUT2D eigenvalue weighted by Crippen LogP contribution is 2.24. The SMILES string of the molecule is CCn1c(SCC(=O)NCc2ccccc2)nnc1-c1ccc(C)cc1. The van der Waals surface area contributed by atoms with Crippen LogP contribution in [0.2, 0.25) is 0 Å². The average molecular weight is 366 g/mol. The van der Waals surface area contributed by atoms with Crippen molar-refractivity contribution in [1.82, 2.24) is 20.1 Å². The van der Waals surface area contributed by atoms with Gasteiger partial charge < -0.3 is 9.88 Å². The molecule has 0 aliphatic heterocycles. The van der Waals surface area contributed by atoms with E-state index in [-0.39, 0.29) is 5.91 Å². The Hall–Kier alpha value is -2.60. The molecule has 3 rings (SSSR count). The summed E-state index contributed by atoms with van der Waals surface area (Å²) < 4.78 is 2.04. The minimum Gasteiger partial charge on any atom is -0.351 e. The number of amides is 1. The van der Waals surface area contributed by atoms with Gasteiger partial charge in [0.05, 0.1) is 5.75 Å². The van der Waals surface area contributed by atoms with Gasteiger partial charge in [0.25, 0.3) is 0 Å². The molecule has 134 valence electrons. The molecule has 3 aromatic rings. The maximum atomic E-state index is 12.1. The van der Waals surface area contributed by atoms with Crippen LogP contribution >= 0.6 is 11.8 Å². The molecule has 0 radical (unpaired) electrons. The Bertz CT molecular complexity index is 859. The third-order valence-corrected chi connectivity index (χ3v) is 4.97. The summed E-state index contributed by atoms with van der Waals surface area (Å²) in [7, 11) is 0. The molecule has 0 saturated carbocycles. The molecule has 5 nitrogen and oxygen atoms in total. The van der Waals surface area contributed by atoms with Crippen molar-refractivity contribution in [3.05, 3.63) is 65.7 Å². The number of aryl methyl sites for hydroxylation is 1. The topological polar surface area (TPSA) is 59.8 Å². The van der Waals surface area contributed by atoms with E-state index in [1.54, 1.807) is 0 Å². The molecule has 0 spiro atoms. The van der Waals surface area contributed by atoms with E-state index in [1.807, 2.05) is 47.0 Å². The number of aromatic nitrogens is 3. The predicted molar refractivity (Wildman–Crippen MR) is 105 cm³/mol. The molecule has 0 fully saturated rings. The Labute approximate surface area is 157 Å². The van der Waals surface area contributed by atoms with E-state index in [0.717, 1.165) is 28.7 Å². The summed E-state index contributed by atoms with van der Waals surface area (Å²) >= 11 is 1.41. The van der Waals surface area contributed by atoms with Gasteiger partial charge in [-0.3, -0.25) is 4.79 Å². The number of nitrogens with zero attached hydrogens (tertiary/aromatic N) is 3. The van der Waals surface area contributed by atoms with Crippen molar-refractivity contribution in [2.24, 2.45) is 0 Å². The number of nitrogens with one attached hydrogen (secondary N) is 1. The number of benzene rings is 2. The largest absolute Gasteiger partial charge is 0.351 e. The summed E-state index contributed by atoms with van der Waals surface area (Å²) in [5.41, 5.74) is 3.33. The van der Waals surface area contributed by atoms with E-state index in [9.17, 15) is 4.79 Å². The molecule has 0 bridgehead atoms. The van der Waals surface area contributed by atoms with Crippen LogP contribution in [-0.2, 0) is 17.9 Å². The lowest BCUT2D eigenvalue weighted by Crippen LogP contribution is -2.24. The van der Waals surface area contributed by atoms with Gasteiger partial charge in [0.2, 0.25) is 5.91 Å². The molecule has 2 aromatic carbocycles. The molecule has 0 aliphatic rings. The van der Waals surface area contributed by atoms with Gasteiger partial charge in [0.1, 0.15) is 0 Å². The molecule has 1 heterocycles. The number of carbonyl (C=O) groups excluding carboxylic acids is 1. The van der Waals surface area contributed by atoms with Gasteiger partial charge in [-0.25, -0.2) is 0 Å². The summed E-state index contributed by atoms with van der Waals surface area (Å²) in [4.78, 5) is 12.1. The van der Waals surface area contributed by atoms with Crippen LogP contribution in [0.5, 0.6) is 0 Å². The van der Waals surface area contributed by atoms with E-state index in [0.29, 0.717) is 12.3 Å². The second-order valence-electron chi connectivity index (χ2n) is 5.97. The third kappa shape index (κ3) is 4.52. The molecule has 0 saturated heterocycles. The molecule has 1 amide bonds. The molecule has 0 atom stereocenters. The van der Waals surface area contributed by atoms with Crippen molar-refractivity contribution in [2.45, 2.75) is 32.1 Å². The van der Waals surface area contributed by atoms with Crippen molar-refractivity contribution in [3.63, 3.8) is 0 Å². The monoisotopic (exact) mass is 366 g/mol. The first-order valence-corrected chi connectivity index (χ1v) is 9.59. The fourth-order valence-corrected chi connectivity index (χ4v) is 3.41. The van der Waals surface area contributed by atoms with Gasteiger partial charge in [0, 0.05) is 18.7 Å². The van der Waals surface area contributed by atoms with E-state index in [4.69, 9.17) is 0 Å². The van der Waals surface area contributed by atoms with Gasteiger partial charge in [-0.15, -0.1) is 10.2 Å². The van der Waals surface area contributed by atoms with Gasteiger partial charge in [-0.05, 0) is 19.4 Å². The van der Waals surface area contributed by atoms with Crippen molar-refractivity contribution >= 4 is 17.7 Å². The van der Waals surface area contributed by atoms with Gasteiger partial charge in [-0.2, -0.15) is 0 Å². The van der Waals surface area contributed by atoms with Crippen LogP contribution in [0.3, 0.4) is 0 Å². The number of hydrogen-bond acceptors (Lipinski definition) is 4. The van der Waals surface area contributed by atoms with Gasteiger partial charge >= 0.3 is 0 Å². The van der Waals surface area contributed by atoms with Crippen molar-refractivity contribution in [3.8, 4) is 11.4 Å². The van der Waals surface area contributed by atoms with Crippen LogP contribution in [-0.4, -0.2) is 26.4 Å². The maximum Gasteiger partial charge on any atom is 0.230 e. The number of carbonyl (C=O) groups is 1. The average Bonchev–Trinajstić information content (AvgIpc) is 3.09. The highest BCUT2D eigenvalue weighted by Gasteiger charge is 2.14. The van der Waals surface area contributed by atoms with Crippen molar-refractivity contribution in [2.75, 3.05) is 5.75 Å². The Morgan fingerprint density at radius 2 is 1.81 bits per heavy atom. The van der Waals surface area contributed by atoms with Crippen LogP contribution in [0, 0.1) is 6.92 Å². The molecule has 0 aliphatic carbocycles. The summed E-state index contributed by atoms with van der Waals surface area (Å²) in [6, 6.07) is 18.1. The first-order chi connectivity index (χ1) is 12.7. The van der Waals surface area contributed by atoms with E-state index in [1.165, 1.54) is 17.3 Å². The molecule has 6 heteroatoms. The second-order valence-corrected chi connectivity index (χ2v) is 6.91. The van der Waals surface area contributed by atoms with E-state index in [2.05, 4.69) is 41.5 Å². The third-order valence-electron chi connectivity index (χ3n) is 4.01. The molecular weight excluding hydrogens is 344 g/mol. The lowest BCUT2D eigenvalue weighted by Gasteiger charge is -2.08. The molecular formula is C20H22N4OS. The van der Waals surface area contributed by atoms with Crippen LogP contribution < -0.4 is 5.32 Å². The molecule has 1 N–H and O–H groups in total. The normalized spacial score (nSPS) is 10.7. The first kappa shape index (κ1) is 18.2.